The average Bonchev–Trinajstić information content (AvgIpc) is 3.00. The number of nitrogens with zero attached hydrogens (tertiary/aromatic N) is 1. The van der Waals surface area contributed by atoms with E-state index in [-0.39, 0.29) is 30.7 Å². The van der Waals surface area contributed by atoms with E-state index < -0.39 is 24.6 Å². The third-order valence-electron chi connectivity index (χ3n) is 5.00. The van der Waals surface area contributed by atoms with Gasteiger partial charge in [-0.2, -0.15) is 0 Å². The molecule has 2 aromatic carbocycles. The molecule has 3 rings (SSSR count). The molecule has 166 valence electrons. The molecule has 0 spiro atoms. The second-order valence-electron chi connectivity index (χ2n) is 7.66. The minimum Gasteiger partial charge on any atom is -0.481 e. The summed E-state index contributed by atoms with van der Waals surface area (Å²) < 4.78 is 15.6. The van der Waals surface area contributed by atoms with Gasteiger partial charge in [-0.1, -0.05) is 36.4 Å². The Hall–Kier alpha value is -2.67. The van der Waals surface area contributed by atoms with Crippen molar-refractivity contribution in [3.63, 3.8) is 0 Å². The lowest BCUT2D eigenvalue weighted by molar-refractivity contribution is -0.139. The number of rotatable bonds is 8. The van der Waals surface area contributed by atoms with Crippen molar-refractivity contribution < 1.29 is 24.5 Å². The van der Waals surface area contributed by atoms with Crippen LogP contribution in [0.1, 0.15) is 38.4 Å². The number of hydrogen-bond acceptors (Lipinski definition) is 3. The summed E-state index contributed by atoms with van der Waals surface area (Å²) in [5.41, 5.74) is 3.65. The molecule has 0 saturated carbocycles. The predicted octanol–water partition coefficient (Wildman–Crippen LogP) is 5.05. The van der Waals surface area contributed by atoms with Crippen molar-refractivity contribution in [3.8, 4) is 11.1 Å². The summed E-state index contributed by atoms with van der Waals surface area (Å²) in [4.78, 5) is 10.7. The number of aliphatic carboxylic acids is 1. The third-order valence-corrected chi connectivity index (χ3v) is 5.00. The first kappa shape index (κ1) is 24.6. The van der Waals surface area contributed by atoms with E-state index in [1.807, 2.05) is 24.3 Å². The first-order valence-corrected chi connectivity index (χ1v) is 9.93. The Labute approximate surface area is 186 Å². The Morgan fingerprint density at radius 3 is 2.35 bits per heavy atom. The van der Waals surface area contributed by atoms with Crippen molar-refractivity contribution in [2.24, 2.45) is 0 Å². The quantitative estimate of drug-likeness (QED) is 0.451. The lowest BCUT2D eigenvalue weighted by atomic mass is 10.0. The largest absolute Gasteiger partial charge is 0.481 e. The Morgan fingerprint density at radius 2 is 1.74 bits per heavy atom. The van der Waals surface area contributed by atoms with E-state index >= 15 is 0 Å². The Kier molecular flexibility index (Phi) is 8.39. The Morgan fingerprint density at radius 1 is 1.10 bits per heavy atom. The van der Waals surface area contributed by atoms with Crippen LogP contribution in [-0.2, 0) is 4.79 Å². The van der Waals surface area contributed by atoms with E-state index in [1.54, 1.807) is 24.3 Å². The number of hydrogen-bond donors (Lipinski definition) is 3. The molecule has 0 unspecified atom stereocenters. The number of aromatic nitrogens is 1. The minimum absolute atomic E-state index is 0. The lowest BCUT2D eigenvalue weighted by Crippen LogP contribution is -2.19. The lowest BCUT2D eigenvalue weighted by Gasteiger charge is -2.15. The fraction of sp³-hybridized carbons (Fsp3) is 0.292. The van der Waals surface area contributed by atoms with Gasteiger partial charge in [0.2, 0.25) is 0 Å². The first-order valence-electron chi connectivity index (χ1n) is 9.93. The van der Waals surface area contributed by atoms with Gasteiger partial charge >= 0.3 is 5.97 Å². The molecule has 3 N–H and O–H groups in total. The van der Waals surface area contributed by atoms with Crippen molar-refractivity contribution in [3.05, 3.63) is 66.1 Å². The molecule has 3 aromatic rings. The number of aliphatic hydroxyl groups excluding tert-OH is 2. The highest BCUT2D eigenvalue weighted by molar-refractivity contribution is 6.01. The van der Waals surface area contributed by atoms with Gasteiger partial charge < -0.3 is 19.9 Å². The van der Waals surface area contributed by atoms with Crippen LogP contribution in [0.2, 0.25) is 0 Å². The topological polar surface area (TPSA) is 82.7 Å². The van der Waals surface area contributed by atoms with E-state index in [4.69, 9.17) is 5.11 Å². The molecule has 31 heavy (non-hydrogen) atoms. The molecule has 0 amide bonds. The summed E-state index contributed by atoms with van der Waals surface area (Å²) in [5, 5.41) is 29.9. The highest BCUT2D eigenvalue weighted by Gasteiger charge is 2.19. The SMILES string of the molecule is CC(C)n1c(/C=C/[C@@H](O)C[C@@H](O)CC(=O)O)c(-c2ccc(F)cc2)c2ccccc21.Cl. The normalized spacial score (nSPS) is 13.5. The molecule has 0 fully saturated rings. The number of carboxylic acids is 1. The Bertz CT molecular complexity index is 1060. The van der Waals surface area contributed by atoms with Crippen LogP contribution in [0.3, 0.4) is 0 Å². The molecule has 1 aromatic heterocycles. The molecule has 0 aliphatic heterocycles. The maximum absolute atomic E-state index is 13.5. The van der Waals surface area contributed by atoms with Crippen LogP contribution in [-0.4, -0.2) is 38.1 Å². The standard InChI is InChI=1S/C24H26FNO4.ClH/c1-15(2)26-21-6-4-3-5-20(21)24(16-7-9-17(25)10-8-16)22(26)12-11-18(27)13-19(28)14-23(29)30;/h3-12,15,18-19,27-28H,13-14H2,1-2H3,(H,29,30);1H/b12-11+;/t18-,19-;/m1./s1. The van der Waals surface area contributed by atoms with Gasteiger partial charge in [0.15, 0.2) is 0 Å². The van der Waals surface area contributed by atoms with Gasteiger partial charge in [0.05, 0.1) is 18.6 Å². The molecule has 2 atom stereocenters. The molecule has 0 radical (unpaired) electrons. The maximum atomic E-state index is 13.5. The second kappa shape index (κ2) is 10.6. The van der Waals surface area contributed by atoms with Gasteiger partial charge in [0, 0.05) is 34.6 Å². The van der Waals surface area contributed by atoms with E-state index in [1.165, 1.54) is 12.1 Å². The van der Waals surface area contributed by atoms with Crippen molar-refractivity contribution in [2.45, 2.75) is 44.9 Å². The first-order chi connectivity index (χ1) is 14.3. The zero-order valence-corrected chi connectivity index (χ0v) is 18.2. The summed E-state index contributed by atoms with van der Waals surface area (Å²) in [6.07, 6.45) is 0.727. The van der Waals surface area contributed by atoms with Crippen LogP contribution in [0.25, 0.3) is 28.1 Å². The molecule has 0 aliphatic carbocycles. The van der Waals surface area contributed by atoms with E-state index in [0.717, 1.165) is 27.7 Å². The van der Waals surface area contributed by atoms with Crippen LogP contribution in [0.15, 0.2) is 54.6 Å². The zero-order valence-electron chi connectivity index (χ0n) is 17.4. The van der Waals surface area contributed by atoms with Gasteiger partial charge in [0.1, 0.15) is 5.82 Å². The number of para-hydroxylation sites is 1. The number of carboxylic acid groups (broad SMARTS) is 1. The van der Waals surface area contributed by atoms with Gasteiger partial charge in [-0.05, 0) is 43.7 Å². The van der Waals surface area contributed by atoms with Crippen molar-refractivity contribution in [2.75, 3.05) is 0 Å². The highest BCUT2D eigenvalue weighted by Crippen LogP contribution is 2.38. The van der Waals surface area contributed by atoms with Crippen LogP contribution >= 0.6 is 12.4 Å². The van der Waals surface area contributed by atoms with E-state index in [0.29, 0.717) is 0 Å². The summed E-state index contributed by atoms with van der Waals surface area (Å²) in [6.45, 7) is 4.12. The highest BCUT2D eigenvalue weighted by atomic mass is 35.5. The predicted molar refractivity (Wildman–Crippen MR) is 123 cm³/mol. The van der Waals surface area contributed by atoms with Crippen molar-refractivity contribution in [1.29, 1.82) is 0 Å². The average molecular weight is 448 g/mol. The van der Waals surface area contributed by atoms with Gasteiger partial charge in [-0.3, -0.25) is 4.79 Å². The Balaban J connectivity index is 0.00000341. The maximum Gasteiger partial charge on any atom is 0.305 e. The second-order valence-corrected chi connectivity index (χ2v) is 7.66. The molecule has 0 aliphatic rings. The molecule has 0 bridgehead atoms. The smallest absolute Gasteiger partial charge is 0.305 e. The number of fused-ring (bicyclic) bond motifs is 1. The third kappa shape index (κ3) is 5.73. The molecule has 5 nitrogen and oxygen atoms in total. The van der Waals surface area contributed by atoms with Crippen LogP contribution in [0.5, 0.6) is 0 Å². The summed E-state index contributed by atoms with van der Waals surface area (Å²) >= 11 is 0. The zero-order chi connectivity index (χ0) is 21.8. The number of carbonyl (C=O) groups is 1. The number of benzene rings is 2. The van der Waals surface area contributed by atoms with Crippen LogP contribution in [0, 0.1) is 5.82 Å². The van der Waals surface area contributed by atoms with Gasteiger partial charge in [-0.25, -0.2) is 4.39 Å². The number of halogens is 2. The molecule has 1 heterocycles. The molecular formula is C24H27ClFNO4. The molecule has 7 heteroatoms. The van der Waals surface area contributed by atoms with Crippen molar-refractivity contribution >= 4 is 35.4 Å². The van der Waals surface area contributed by atoms with Gasteiger partial charge in [0.25, 0.3) is 0 Å². The van der Waals surface area contributed by atoms with Gasteiger partial charge in [-0.15, -0.1) is 12.4 Å². The van der Waals surface area contributed by atoms with Crippen LogP contribution < -0.4 is 0 Å². The summed E-state index contributed by atoms with van der Waals surface area (Å²) in [5.74, 6) is -1.43. The fourth-order valence-corrected chi connectivity index (χ4v) is 3.77. The van der Waals surface area contributed by atoms with E-state index in [2.05, 4.69) is 18.4 Å². The summed E-state index contributed by atoms with van der Waals surface area (Å²) in [7, 11) is 0. The number of aliphatic hydroxyl groups is 2. The van der Waals surface area contributed by atoms with Crippen molar-refractivity contribution in [1.82, 2.24) is 4.57 Å². The van der Waals surface area contributed by atoms with E-state index in [9.17, 15) is 19.4 Å². The molecular weight excluding hydrogens is 421 g/mol. The molecule has 0 saturated heterocycles. The van der Waals surface area contributed by atoms with Crippen LogP contribution in [0.4, 0.5) is 4.39 Å². The monoisotopic (exact) mass is 447 g/mol. The summed E-state index contributed by atoms with van der Waals surface area (Å²) in [6, 6.07) is 14.4. The minimum atomic E-state index is -1.13. The fourth-order valence-electron chi connectivity index (χ4n) is 3.77.